The van der Waals surface area contributed by atoms with E-state index in [1.165, 1.54) is 17.0 Å². The molecule has 10 nitrogen and oxygen atoms in total. The van der Waals surface area contributed by atoms with Gasteiger partial charge in [0.15, 0.2) is 0 Å². The number of carbonyl (C=O) groups excluding carboxylic acids is 1. The second kappa shape index (κ2) is 12.5. The van der Waals surface area contributed by atoms with Crippen LogP contribution in [0.25, 0.3) is 17.1 Å². The fourth-order valence-electron chi connectivity index (χ4n) is 3.77. The predicted molar refractivity (Wildman–Crippen MR) is 150 cm³/mol. The Hall–Kier alpha value is -4.88. The largest absolute Gasteiger partial charge is 0.416 e. The molecule has 5 aromatic rings. The van der Waals surface area contributed by atoms with Crippen LogP contribution in [0.1, 0.15) is 27.2 Å². The van der Waals surface area contributed by atoms with Crippen molar-refractivity contribution in [3.8, 4) is 17.1 Å². The average Bonchev–Trinajstić information content (AvgIpc) is 3.36. The molecular formula is C27H24ClF3N8O2. The molecule has 0 spiro atoms. The van der Waals surface area contributed by atoms with E-state index >= 15 is 0 Å². The molecule has 41 heavy (non-hydrogen) atoms. The molecule has 5 rings (SSSR count). The Morgan fingerprint density at radius 3 is 2.41 bits per heavy atom. The van der Waals surface area contributed by atoms with E-state index in [4.69, 9.17) is 0 Å². The van der Waals surface area contributed by atoms with Gasteiger partial charge < -0.3 is 20.7 Å². The summed E-state index contributed by atoms with van der Waals surface area (Å²) < 4.78 is 42.3. The Labute approximate surface area is 238 Å². The summed E-state index contributed by atoms with van der Waals surface area (Å²) in [6.45, 7) is 3.57. The van der Waals surface area contributed by atoms with Crippen molar-refractivity contribution in [2.24, 2.45) is 0 Å². The molecule has 212 valence electrons. The maximum absolute atomic E-state index is 13.6. The first-order valence-corrected chi connectivity index (χ1v) is 11.7. The summed E-state index contributed by atoms with van der Waals surface area (Å²) in [5.41, 5.74) is 2.66. The molecule has 0 aliphatic carbocycles. The number of aryl methyl sites for hydroxylation is 2. The van der Waals surface area contributed by atoms with Crippen molar-refractivity contribution < 1.29 is 23.4 Å². The zero-order chi connectivity index (χ0) is 27.6. The van der Waals surface area contributed by atoms with Gasteiger partial charge in [0.05, 0.1) is 29.5 Å². The van der Waals surface area contributed by atoms with Crippen molar-refractivity contribution in [3.63, 3.8) is 0 Å². The van der Waals surface area contributed by atoms with Crippen LogP contribution in [-0.2, 0) is 6.18 Å². The van der Waals surface area contributed by atoms with Crippen molar-refractivity contribution in [2.75, 3.05) is 10.6 Å². The Balaban J connectivity index is 0.00000231. The van der Waals surface area contributed by atoms with E-state index in [1.807, 2.05) is 6.92 Å². The van der Waals surface area contributed by atoms with Crippen LogP contribution >= 0.6 is 12.4 Å². The first kappa shape index (κ1) is 30.7. The molecule has 0 saturated carbocycles. The van der Waals surface area contributed by atoms with E-state index in [0.717, 1.165) is 17.7 Å². The van der Waals surface area contributed by atoms with Gasteiger partial charge in [-0.05, 0) is 55.8 Å². The van der Waals surface area contributed by atoms with Crippen LogP contribution in [0, 0.1) is 13.8 Å². The molecule has 1 amide bonds. The van der Waals surface area contributed by atoms with Crippen LogP contribution < -0.4 is 10.6 Å². The summed E-state index contributed by atoms with van der Waals surface area (Å²) in [5.74, 6) is -0.309. The number of rotatable bonds is 6. The molecule has 0 radical (unpaired) electrons. The molecule has 0 bridgehead atoms. The Kier molecular flexibility index (Phi) is 9.37. The fourth-order valence-corrected chi connectivity index (χ4v) is 3.77. The van der Waals surface area contributed by atoms with Crippen LogP contribution in [0.5, 0.6) is 0 Å². The van der Waals surface area contributed by atoms with Gasteiger partial charge in [-0.3, -0.25) is 14.8 Å². The molecule has 3 aromatic heterocycles. The number of anilines is 3. The minimum absolute atomic E-state index is 0. The number of hydrogen-bond donors (Lipinski definition) is 2. The predicted octanol–water partition coefficient (Wildman–Crippen LogP) is 5.35. The number of halogens is 4. The quantitative estimate of drug-likeness (QED) is 0.274. The van der Waals surface area contributed by atoms with Crippen LogP contribution in [0.15, 0.2) is 79.8 Å². The molecule has 0 atom stereocenters. The number of hydrogen-bond acceptors (Lipinski definition) is 7. The van der Waals surface area contributed by atoms with Gasteiger partial charge in [-0.15, -0.1) is 12.4 Å². The Bertz CT molecular complexity index is 1660. The number of aromatic nitrogens is 6. The molecule has 2 aromatic carbocycles. The molecule has 0 aliphatic rings. The maximum Gasteiger partial charge on any atom is 0.416 e. The lowest BCUT2D eigenvalue weighted by molar-refractivity contribution is -0.137. The van der Waals surface area contributed by atoms with E-state index in [2.05, 4.69) is 35.6 Å². The van der Waals surface area contributed by atoms with Gasteiger partial charge in [0.1, 0.15) is 5.69 Å². The molecule has 0 fully saturated rings. The highest BCUT2D eigenvalue weighted by atomic mass is 35.5. The van der Waals surface area contributed by atoms with E-state index in [1.54, 1.807) is 62.2 Å². The first-order chi connectivity index (χ1) is 18.7. The Morgan fingerprint density at radius 2 is 1.73 bits per heavy atom. The lowest BCUT2D eigenvalue weighted by Gasteiger charge is -2.14. The van der Waals surface area contributed by atoms with Crippen LogP contribution in [0.4, 0.5) is 30.5 Å². The zero-order valence-corrected chi connectivity index (χ0v) is 22.5. The molecule has 14 heteroatoms. The third-order valence-electron chi connectivity index (χ3n) is 5.74. The van der Waals surface area contributed by atoms with Gasteiger partial charge in [-0.1, -0.05) is 6.07 Å². The van der Waals surface area contributed by atoms with E-state index in [-0.39, 0.29) is 40.8 Å². The first-order valence-electron chi connectivity index (χ1n) is 11.7. The minimum atomic E-state index is -4.61. The molecular weight excluding hydrogens is 561 g/mol. The minimum Gasteiger partial charge on any atom is -0.412 e. The number of benzene rings is 2. The van der Waals surface area contributed by atoms with E-state index in [0.29, 0.717) is 22.8 Å². The molecule has 0 aliphatic heterocycles. The summed E-state index contributed by atoms with van der Waals surface area (Å²) in [5, 5.41) is 5.68. The van der Waals surface area contributed by atoms with E-state index < -0.39 is 17.6 Å². The second-order valence-electron chi connectivity index (χ2n) is 8.65. The number of carbonyl (C=O) groups is 1. The summed E-state index contributed by atoms with van der Waals surface area (Å²) in [6.07, 6.45) is 4.67. The normalized spacial score (nSPS) is 10.8. The molecule has 4 N–H and O–H groups in total. The van der Waals surface area contributed by atoms with Crippen molar-refractivity contribution in [1.29, 1.82) is 0 Å². The van der Waals surface area contributed by atoms with Crippen molar-refractivity contribution >= 4 is 35.6 Å². The van der Waals surface area contributed by atoms with Crippen LogP contribution in [0.3, 0.4) is 0 Å². The monoisotopic (exact) mass is 584 g/mol. The Morgan fingerprint density at radius 1 is 0.927 bits per heavy atom. The van der Waals surface area contributed by atoms with Crippen molar-refractivity contribution in [1.82, 2.24) is 29.5 Å². The van der Waals surface area contributed by atoms with Gasteiger partial charge in [-0.25, -0.2) is 15.0 Å². The highest BCUT2D eigenvalue weighted by molar-refractivity contribution is 6.05. The van der Waals surface area contributed by atoms with Crippen molar-refractivity contribution in [2.45, 2.75) is 20.0 Å². The number of nitrogens with zero attached hydrogens (tertiary/aromatic N) is 6. The highest BCUT2D eigenvalue weighted by Gasteiger charge is 2.31. The van der Waals surface area contributed by atoms with Gasteiger partial charge in [0.25, 0.3) is 5.91 Å². The topological polar surface area (TPSA) is 142 Å². The summed E-state index contributed by atoms with van der Waals surface area (Å²) in [6, 6.07) is 9.92. The van der Waals surface area contributed by atoms with Crippen molar-refractivity contribution in [3.05, 3.63) is 102 Å². The van der Waals surface area contributed by atoms with Gasteiger partial charge in [0.2, 0.25) is 5.95 Å². The molecule has 0 saturated heterocycles. The van der Waals surface area contributed by atoms with Crippen LogP contribution in [0.2, 0.25) is 0 Å². The lowest BCUT2D eigenvalue weighted by Crippen LogP contribution is -2.14. The van der Waals surface area contributed by atoms with Gasteiger partial charge in [0, 0.05) is 47.4 Å². The second-order valence-corrected chi connectivity index (χ2v) is 8.65. The fraction of sp³-hybridized carbons (Fsp3) is 0.111. The smallest absolute Gasteiger partial charge is 0.412 e. The summed E-state index contributed by atoms with van der Waals surface area (Å²) >= 11 is 0. The zero-order valence-electron chi connectivity index (χ0n) is 21.6. The number of nitrogens with one attached hydrogen (secondary N) is 2. The average molecular weight is 585 g/mol. The standard InChI is InChI=1S/C27H21F3N8O.ClH.H2O/c1-16-3-4-18(9-23(16)37-26-33-6-5-22(36-26)24-13-31-7-8-32-24)25(39)35-20-10-19(27(28,29)30)11-21(12-20)38-14-17(2)34-15-38;;/h3-15H,1-2H3,(H,35,39)(H,33,36,37);1H;1H2. The van der Waals surface area contributed by atoms with E-state index in [9.17, 15) is 18.0 Å². The molecule has 3 heterocycles. The number of amides is 1. The number of alkyl halides is 3. The van der Waals surface area contributed by atoms with Gasteiger partial charge in [-0.2, -0.15) is 13.2 Å². The SMILES string of the molecule is Cc1cn(-c2cc(NC(=O)c3ccc(C)c(Nc4nccc(-c5cnccn5)n4)c3)cc(C(F)(F)F)c2)cn1.Cl.O. The summed E-state index contributed by atoms with van der Waals surface area (Å²) in [7, 11) is 0. The lowest BCUT2D eigenvalue weighted by atomic mass is 10.1. The third kappa shape index (κ3) is 7.21. The number of imidazole rings is 1. The third-order valence-corrected chi connectivity index (χ3v) is 5.74. The summed E-state index contributed by atoms with van der Waals surface area (Å²) in [4.78, 5) is 34.1. The molecule has 0 unspecified atom stereocenters. The maximum atomic E-state index is 13.6. The van der Waals surface area contributed by atoms with Crippen LogP contribution in [-0.4, -0.2) is 40.9 Å². The van der Waals surface area contributed by atoms with Gasteiger partial charge >= 0.3 is 6.18 Å². The highest BCUT2D eigenvalue weighted by Crippen LogP contribution is 2.33.